The van der Waals surface area contributed by atoms with Crippen molar-refractivity contribution in [2.45, 2.75) is 46.1 Å². The van der Waals surface area contributed by atoms with Gasteiger partial charge in [-0.2, -0.15) is 0 Å². The number of nitro benzene ring substituents is 1. The second-order valence-electron chi connectivity index (χ2n) is 6.70. The molecule has 0 saturated carbocycles. The third-order valence-corrected chi connectivity index (χ3v) is 4.26. The molecule has 0 aliphatic heterocycles. The smallest absolute Gasteiger partial charge is 0.269 e. The van der Waals surface area contributed by atoms with Crippen molar-refractivity contribution < 1.29 is 19.2 Å². The first kappa shape index (κ1) is 21.5. The van der Waals surface area contributed by atoms with E-state index in [9.17, 15) is 14.9 Å². The molecule has 1 rings (SSSR count). The normalized spacial score (nSPS) is 15.3. The maximum Gasteiger partial charge on any atom is 0.269 e. The number of methoxy groups -OCH3 is 1. The Morgan fingerprint density at radius 2 is 1.88 bits per heavy atom. The average molecular weight is 417 g/mol. The predicted molar refractivity (Wildman–Crippen MR) is 98.3 cm³/mol. The molecule has 2 atom stereocenters. The lowest BCUT2D eigenvalue weighted by molar-refractivity contribution is -0.384. The van der Waals surface area contributed by atoms with Gasteiger partial charge in [-0.05, 0) is 23.1 Å². The van der Waals surface area contributed by atoms with Gasteiger partial charge in [-0.1, -0.05) is 43.6 Å². The van der Waals surface area contributed by atoms with Crippen molar-refractivity contribution in [2.75, 3.05) is 12.4 Å². The van der Waals surface area contributed by atoms with Gasteiger partial charge in [0.15, 0.2) is 0 Å². The molecule has 7 nitrogen and oxygen atoms in total. The van der Waals surface area contributed by atoms with Gasteiger partial charge in [0.05, 0.1) is 16.4 Å². The van der Waals surface area contributed by atoms with Crippen molar-refractivity contribution in [3.8, 4) is 0 Å². The summed E-state index contributed by atoms with van der Waals surface area (Å²) >= 11 is 3.11. The van der Waals surface area contributed by atoms with E-state index in [2.05, 4.69) is 21.2 Å². The quantitative estimate of drug-likeness (QED) is 0.300. The summed E-state index contributed by atoms with van der Waals surface area (Å²) in [6.45, 7) is 7.80. The maximum atomic E-state index is 11.8. The number of amides is 1. The number of halogens is 1. The number of hydrogen-bond donors (Lipinski definition) is 1. The number of ether oxygens (including phenoxy) is 2. The molecular weight excluding hydrogens is 392 g/mol. The van der Waals surface area contributed by atoms with E-state index >= 15 is 0 Å². The molecule has 0 bridgehead atoms. The molecule has 1 aromatic carbocycles. The summed E-state index contributed by atoms with van der Waals surface area (Å²) in [5, 5.41) is 13.7. The van der Waals surface area contributed by atoms with Crippen LogP contribution in [0.4, 0.5) is 5.69 Å². The summed E-state index contributed by atoms with van der Waals surface area (Å²) in [5.74, 6) is -1.55. The van der Waals surface area contributed by atoms with Crippen molar-refractivity contribution >= 4 is 27.5 Å². The van der Waals surface area contributed by atoms with E-state index in [1.807, 2.05) is 27.7 Å². The van der Waals surface area contributed by atoms with Crippen LogP contribution in [-0.2, 0) is 14.3 Å². The van der Waals surface area contributed by atoms with Crippen LogP contribution in [0.25, 0.3) is 0 Å². The highest BCUT2D eigenvalue weighted by atomic mass is 79.9. The molecule has 0 unspecified atom stereocenters. The molecule has 0 aromatic heterocycles. The first-order valence-electron chi connectivity index (χ1n) is 7.93. The van der Waals surface area contributed by atoms with Crippen molar-refractivity contribution in [3.63, 3.8) is 0 Å². The Kier molecular flexibility index (Phi) is 7.52. The lowest BCUT2D eigenvalue weighted by Gasteiger charge is -2.40. The Hall–Kier alpha value is -1.51. The Balaban J connectivity index is 3.21. The largest absolute Gasteiger partial charge is 0.336 e. The Morgan fingerprint density at radius 1 is 1.32 bits per heavy atom. The number of carbonyl (C=O) groups excluding carboxylic acids is 1. The summed E-state index contributed by atoms with van der Waals surface area (Å²) in [6.07, 6.45) is -0.0641. The number of non-ortho nitro benzene ring substituents is 1. The molecule has 25 heavy (non-hydrogen) atoms. The number of alkyl halides is 1. The first-order valence-corrected chi connectivity index (χ1v) is 9.05. The Bertz CT molecular complexity index is 594. The van der Waals surface area contributed by atoms with Crippen LogP contribution in [0.2, 0.25) is 0 Å². The van der Waals surface area contributed by atoms with E-state index in [0.29, 0.717) is 6.42 Å². The third kappa shape index (κ3) is 5.76. The molecule has 0 radical (unpaired) electrons. The van der Waals surface area contributed by atoms with Crippen molar-refractivity contribution in [1.29, 1.82) is 0 Å². The number of rotatable bonds is 8. The van der Waals surface area contributed by atoms with Gasteiger partial charge in [0.25, 0.3) is 11.6 Å². The zero-order valence-corrected chi connectivity index (χ0v) is 16.8. The van der Waals surface area contributed by atoms with E-state index in [0.717, 1.165) is 5.56 Å². The van der Waals surface area contributed by atoms with Crippen LogP contribution in [0.15, 0.2) is 24.3 Å². The van der Waals surface area contributed by atoms with Gasteiger partial charge < -0.3 is 14.8 Å². The minimum absolute atomic E-state index is 0.0116. The molecule has 1 N–H and O–H groups in total. The van der Waals surface area contributed by atoms with E-state index < -0.39 is 16.9 Å². The topological polar surface area (TPSA) is 90.7 Å². The zero-order valence-electron chi connectivity index (χ0n) is 15.2. The monoisotopic (exact) mass is 416 g/mol. The van der Waals surface area contributed by atoms with Crippen LogP contribution in [-0.4, -0.2) is 29.2 Å². The molecule has 0 heterocycles. The van der Waals surface area contributed by atoms with Gasteiger partial charge in [-0.3, -0.25) is 14.9 Å². The molecule has 0 spiro atoms. The van der Waals surface area contributed by atoms with Crippen LogP contribution in [0.3, 0.4) is 0 Å². The van der Waals surface area contributed by atoms with Gasteiger partial charge in [0.2, 0.25) is 5.91 Å². The lowest BCUT2D eigenvalue weighted by atomic mass is 9.84. The highest BCUT2D eigenvalue weighted by molar-refractivity contribution is 9.09. The number of nitrogens with zero attached hydrogens (tertiary/aromatic N) is 1. The molecule has 0 aliphatic rings. The third-order valence-electron chi connectivity index (χ3n) is 3.75. The molecule has 8 heteroatoms. The fourth-order valence-corrected chi connectivity index (χ4v) is 2.54. The van der Waals surface area contributed by atoms with E-state index in [1.54, 1.807) is 12.1 Å². The number of carbonyl (C=O) groups is 1. The molecule has 0 aliphatic carbocycles. The van der Waals surface area contributed by atoms with Crippen LogP contribution in [0.5, 0.6) is 0 Å². The van der Waals surface area contributed by atoms with Crippen LogP contribution in [0.1, 0.15) is 45.8 Å². The number of benzene rings is 1. The summed E-state index contributed by atoms with van der Waals surface area (Å²) in [6, 6.07) is 6.21. The van der Waals surface area contributed by atoms with Gasteiger partial charge in [0, 0.05) is 25.7 Å². The highest BCUT2D eigenvalue weighted by Gasteiger charge is 2.39. The van der Waals surface area contributed by atoms with Crippen molar-refractivity contribution in [1.82, 2.24) is 5.32 Å². The van der Waals surface area contributed by atoms with Crippen molar-refractivity contribution in [3.05, 3.63) is 39.9 Å². The van der Waals surface area contributed by atoms with Gasteiger partial charge >= 0.3 is 0 Å². The van der Waals surface area contributed by atoms with Gasteiger partial charge in [-0.15, -0.1) is 0 Å². The van der Waals surface area contributed by atoms with Crippen molar-refractivity contribution in [2.24, 2.45) is 5.41 Å². The standard InChI is InChI=1S/C17H25BrN2O5/c1-6-17(24-5,19-14(21)11-18)25-15(16(2,3)4)12-7-9-13(10-8-12)20(22)23/h7-10,15H,6,11H2,1-5H3,(H,19,21)/t15-,17+/m0/s1. The maximum absolute atomic E-state index is 11.8. The van der Waals surface area contributed by atoms with Gasteiger partial charge in [-0.25, -0.2) is 0 Å². The highest BCUT2D eigenvalue weighted by Crippen LogP contribution is 2.40. The lowest BCUT2D eigenvalue weighted by Crippen LogP contribution is -2.53. The Labute approximate surface area is 156 Å². The van der Waals surface area contributed by atoms with Crippen LogP contribution < -0.4 is 5.32 Å². The Morgan fingerprint density at radius 3 is 2.24 bits per heavy atom. The van der Waals surface area contributed by atoms with Gasteiger partial charge in [0.1, 0.15) is 0 Å². The number of nitrogens with one attached hydrogen (secondary N) is 1. The van der Waals surface area contributed by atoms with Crippen LogP contribution in [0, 0.1) is 15.5 Å². The minimum Gasteiger partial charge on any atom is -0.336 e. The second kappa shape index (κ2) is 8.73. The molecule has 140 valence electrons. The molecule has 1 amide bonds. The summed E-state index contributed by atoms with van der Waals surface area (Å²) in [7, 11) is 1.47. The summed E-state index contributed by atoms with van der Waals surface area (Å²) in [5.41, 5.74) is 0.437. The van der Waals surface area contributed by atoms with E-state index in [4.69, 9.17) is 9.47 Å². The second-order valence-corrected chi connectivity index (χ2v) is 7.27. The number of hydrogen-bond acceptors (Lipinski definition) is 5. The number of nitro groups is 1. The van der Waals surface area contributed by atoms with E-state index in [1.165, 1.54) is 19.2 Å². The SMILES string of the molecule is CC[C@@](NC(=O)CBr)(OC)O[C@@H](c1ccc([N+](=O)[O-])cc1)C(C)(C)C. The molecule has 0 saturated heterocycles. The average Bonchev–Trinajstić information content (AvgIpc) is 2.57. The molecule has 0 fully saturated rings. The predicted octanol–water partition coefficient (Wildman–Crippen LogP) is 3.92. The molecule has 1 aromatic rings. The molecular formula is C17H25BrN2O5. The van der Waals surface area contributed by atoms with E-state index in [-0.39, 0.29) is 22.3 Å². The zero-order chi connectivity index (χ0) is 19.3. The fourth-order valence-electron chi connectivity index (χ4n) is 2.40. The minimum atomic E-state index is -1.29. The fraction of sp³-hybridized carbons (Fsp3) is 0.588. The van der Waals surface area contributed by atoms with Crippen LogP contribution >= 0.6 is 15.9 Å². The summed E-state index contributed by atoms with van der Waals surface area (Å²) in [4.78, 5) is 22.3. The first-order chi connectivity index (χ1) is 11.6. The summed E-state index contributed by atoms with van der Waals surface area (Å²) < 4.78 is 11.7.